The van der Waals surface area contributed by atoms with E-state index in [1.165, 1.54) is 5.56 Å². The van der Waals surface area contributed by atoms with E-state index in [-0.39, 0.29) is 5.56 Å². The number of fused-ring (bicyclic) bond motifs is 3. The molecule has 0 amide bonds. The Morgan fingerprint density at radius 2 is 1.77 bits per heavy atom. The van der Waals surface area contributed by atoms with Crippen LogP contribution in [0.25, 0.3) is 27.7 Å². The Balaban J connectivity index is 1.67. The fourth-order valence-corrected chi connectivity index (χ4v) is 3.91. The summed E-state index contributed by atoms with van der Waals surface area (Å²) in [6, 6.07) is 20.1. The number of rotatable bonds is 5. The molecule has 154 valence electrons. The molecule has 0 radical (unpaired) electrons. The third kappa shape index (κ3) is 3.41. The molecule has 0 atom stereocenters. The fraction of sp³-hybridized carbons (Fsp3) is 0.160. The summed E-state index contributed by atoms with van der Waals surface area (Å²) >= 11 is 0. The van der Waals surface area contributed by atoms with Gasteiger partial charge >= 0.3 is 0 Å². The standard InChI is InChI=1S/C25H22N4O2/c1-17-8-10-18(11-9-17)15-28-13-12-22-20(25(28)30)14-26-24-23(19-6-4-3-5-7-19)21(16-31-2)27-29(22)24/h3-14H,15-16H2,1-2H3. The number of ether oxygens (including phenoxy) is 1. The molecule has 5 aromatic rings. The lowest BCUT2D eigenvalue weighted by Crippen LogP contribution is -2.21. The lowest BCUT2D eigenvalue weighted by Gasteiger charge is -2.09. The summed E-state index contributed by atoms with van der Waals surface area (Å²) in [4.78, 5) is 17.8. The van der Waals surface area contributed by atoms with Crippen molar-refractivity contribution in [2.45, 2.75) is 20.1 Å². The van der Waals surface area contributed by atoms with Crippen molar-refractivity contribution in [3.8, 4) is 11.1 Å². The highest BCUT2D eigenvalue weighted by atomic mass is 16.5. The number of hydrogen-bond donors (Lipinski definition) is 0. The number of hydrogen-bond acceptors (Lipinski definition) is 4. The van der Waals surface area contributed by atoms with Crippen LogP contribution in [-0.4, -0.2) is 26.3 Å². The highest BCUT2D eigenvalue weighted by Crippen LogP contribution is 2.29. The van der Waals surface area contributed by atoms with Crippen molar-refractivity contribution in [2.24, 2.45) is 0 Å². The maximum Gasteiger partial charge on any atom is 0.261 e. The SMILES string of the molecule is COCc1nn2c(ncc3c(=O)n(Cc4ccc(C)cc4)ccc32)c1-c1ccccc1. The van der Waals surface area contributed by atoms with Crippen molar-refractivity contribution in [3.63, 3.8) is 0 Å². The molecule has 31 heavy (non-hydrogen) atoms. The van der Waals surface area contributed by atoms with Gasteiger partial charge in [-0.15, -0.1) is 0 Å². The van der Waals surface area contributed by atoms with E-state index in [2.05, 4.69) is 24.0 Å². The van der Waals surface area contributed by atoms with Gasteiger partial charge < -0.3 is 9.30 Å². The van der Waals surface area contributed by atoms with Crippen LogP contribution in [0.3, 0.4) is 0 Å². The predicted octanol–water partition coefficient (Wildman–Crippen LogP) is 4.21. The van der Waals surface area contributed by atoms with Crippen molar-refractivity contribution < 1.29 is 4.74 Å². The zero-order valence-electron chi connectivity index (χ0n) is 17.4. The van der Waals surface area contributed by atoms with Crippen molar-refractivity contribution in [3.05, 3.63) is 100 Å². The van der Waals surface area contributed by atoms with Crippen molar-refractivity contribution >= 4 is 16.6 Å². The Kier molecular flexibility index (Phi) is 4.84. The molecule has 0 saturated heterocycles. The summed E-state index contributed by atoms with van der Waals surface area (Å²) in [6.45, 7) is 2.92. The van der Waals surface area contributed by atoms with E-state index in [1.54, 1.807) is 22.4 Å². The molecular weight excluding hydrogens is 388 g/mol. The topological polar surface area (TPSA) is 61.4 Å². The minimum absolute atomic E-state index is 0.0856. The third-order valence-electron chi connectivity index (χ3n) is 5.47. The largest absolute Gasteiger partial charge is 0.378 e. The third-order valence-corrected chi connectivity index (χ3v) is 5.47. The Morgan fingerprint density at radius 3 is 2.52 bits per heavy atom. The molecule has 3 aromatic heterocycles. The van der Waals surface area contributed by atoms with Gasteiger partial charge in [-0.3, -0.25) is 4.79 Å². The number of pyridine rings is 1. The monoisotopic (exact) mass is 410 g/mol. The molecule has 3 heterocycles. The van der Waals surface area contributed by atoms with Crippen LogP contribution in [0.4, 0.5) is 0 Å². The number of methoxy groups -OCH3 is 1. The quantitative estimate of drug-likeness (QED) is 0.435. The Labute approximate surface area is 179 Å². The normalized spacial score (nSPS) is 11.4. The molecule has 0 spiro atoms. The van der Waals surface area contributed by atoms with Crippen LogP contribution in [0, 0.1) is 6.92 Å². The van der Waals surface area contributed by atoms with Crippen LogP contribution in [0.5, 0.6) is 0 Å². The second-order valence-corrected chi connectivity index (χ2v) is 7.65. The van der Waals surface area contributed by atoms with Crippen LogP contribution in [0.2, 0.25) is 0 Å². The van der Waals surface area contributed by atoms with Gasteiger partial charge in [-0.25, -0.2) is 9.50 Å². The van der Waals surface area contributed by atoms with Crippen molar-refractivity contribution in [1.29, 1.82) is 0 Å². The van der Waals surface area contributed by atoms with E-state index in [0.29, 0.717) is 24.2 Å². The lowest BCUT2D eigenvalue weighted by atomic mass is 10.1. The number of aromatic nitrogens is 4. The summed E-state index contributed by atoms with van der Waals surface area (Å²) in [6.07, 6.45) is 3.48. The van der Waals surface area contributed by atoms with E-state index in [9.17, 15) is 4.79 Å². The molecular formula is C25H22N4O2. The maximum atomic E-state index is 13.2. The summed E-state index contributed by atoms with van der Waals surface area (Å²) in [5.41, 5.74) is 6.36. The van der Waals surface area contributed by atoms with E-state index in [1.807, 2.05) is 54.7 Å². The minimum atomic E-state index is -0.0856. The van der Waals surface area contributed by atoms with E-state index in [4.69, 9.17) is 9.84 Å². The zero-order valence-corrected chi connectivity index (χ0v) is 17.4. The average Bonchev–Trinajstić information content (AvgIpc) is 3.16. The van der Waals surface area contributed by atoms with Gasteiger partial charge in [0.05, 0.1) is 35.3 Å². The lowest BCUT2D eigenvalue weighted by molar-refractivity contribution is 0.181. The number of nitrogens with zero attached hydrogens (tertiary/aromatic N) is 4. The van der Waals surface area contributed by atoms with Crippen LogP contribution in [0.15, 0.2) is 77.9 Å². The first-order valence-electron chi connectivity index (χ1n) is 10.2. The van der Waals surface area contributed by atoms with Crippen LogP contribution < -0.4 is 5.56 Å². The van der Waals surface area contributed by atoms with Gasteiger partial charge in [0.2, 0.25) is 0 Å². The molecule has 0 saturated carbocycles. The molecule has 6 heteroatoms. The first-order chi connectivity index (χ1) is 15.2. The molecule has 0 aliphatic heterocycles. The summed E-state index contributed by atoms with van der Waals surface area (Å²) in [5, 5.41) is 5.29. The van der Waals surface area contributed by atoms with Crippen LogP contribution in [-0.2, 0) is 17.9 Å². The maximum absolute atomic E-state index is 13.2. The Bertz CT molecular complexity index is 1430. The first-order valence-corrected chi connectivity index (χ1v) is 10.2. The second-order valence-electron chi connectivity index (χ2n) is 7.65. The fourth-order valence-electron chi connectivity index (χ4n) is 3.91. The number of aryl methyl sites for hydroxylation is 1. The van der Waals surface area contributed by atoms with Gasteiger partial charge in [-0.05, 0) is 24.1 Å². The first kappa shape index (κ1) is 19.2. The number of benzene rings is 2. The predicted molar refractivity (Wildman–Crippen MR) is 121 cm³/mol. The van der Waals surface area contributed by atoms with Crippen LogP contribution in [0.1, 0.15) is 16.8 Å². The van der Waals surface area contributed by atoms with Gasteiger partial charge in [0, 0.05) is 19.5 Å². The van der Waals surface area contributed by atoms with Gasteiger partial charge in [0.15, 0.2) is 5.65 Å². The second kappa shape index (κ2) is 7.81. The average molecular weight is 410 g/mol. The van der Waals surface area contributed by atoms with Gasteiger partial charge in [0.1, 0.15) is 0 Å². The van der Waals surface area contributed by atoms with E-state index < -0.39 is 0 Å². The molecule has 0 aliphatic rings. The van der Waals surface area contributed by atoms with Crippen molar-refractivity contribution in [2.75, 3.05) is 7.11 Å². The molecule has 0 fully saturated rings. The smallest absolute Gasteiger partial charge is 0.261 e. The molecule has 0 aliphatic carbocycles. The molecule has 0 unspecified atom stereocenters. The Morgan fingerprint density at radius 1 is 1.00 bits per heavy atom. The molecule has 2 aromatic carbocycles. The van der Waals surface area contributed by atoms with Gasteiger partial charge in [0.25, 0.3) is 5.56 Å². The molecule has 6 nitrogen and oxygen atoms in total. The van der Waals surface area contributed by atoms with Gasteiger partial charge in [-0.2, -0.15) is 5.10 Å². The highest BCUT2D eigenvalue weighted by Gasteiger charge is 2.18. The summed E-state index contributed by atoms with van der Waals surface area (Å²) in [7, 11) is 1.65. The zero-order chi connectivity index (χ0) is 21.4. The minimum Gasteiger partial charge on any atom is -0.378 e. The van der Waals surface area contributed by atoms with E-state index in [0.717, 1.165) is 27.9 Å². The summed E-state index contributed by atoms with van der Waals surface area (Å²) < 4.78 is 8.84. The molecule has 5 rings (SSSR count). The van der Waals surface area contributed by atoms with Crippen LogP contribution >= 0.6 is 0 Å². The molecule has 0 N–H and O–H groups in total. The highest BCUT2D eigenvalue weighted by molar-refractivity contribution is 5.86. The Hall–Kier alpha value is -3.77. The van der Waals surface area contributed by atoms with Crippen molar-refractivity contribution in [1.82, 2.24) is 19.2 Å². The van der Waals surface area contributed by atoms with E-state index >= 15 is 0 Å². The van der Waals surface area contributed by atoms with Gasteiger partial charge in [-0.1, -0.05) is 60.2 Å². The summed E-state index contributed by atoms with van der Waals surface area (Å²) in [5.74, 6) is 0. The molecule has 0 bridgehead atoms.